The van der Waals surface area contributed by atoms with Gasteiger partial charge in [-0.2, -0.15) is 0 Å². The first-order valence-electron chi connectivity index (χ1n) is 8.73. The number of hydrogen-bond donors (Lipinski definition) is 2. The van der Waals surface area contributed by atoms with E-state index in [0.717, 1.165) is 30.3 Å². The second-order valence-corrected chi connectivity index (χ2v) is 6.55. The van der Waals surface area contributed by atoms with Gasteiger partial charge in [0.2, 0.25) is 5.91 Å². The van der Waals surface area contributed by atoms with Crippen LogP contribution in [0.1, 0.15) is 32.6 Å². The predicted molar refractivity (Wildman–Crippen MR) is 93.4 cm³/mol. The highest BCUT2D eigenvalue weighted by molar-refractivity contribution is 5.84. The number of nitrogens with one attached hydrogen (secondary N) is 1. The van der Waals surface area contributed by atoms with Gasteiger partial charge in [0.05, 0.1) is 11.0 Å². The third-order valence-electron chi connectivity index (χ3n) is 4.61. The summed E-state index contributed by atoms with van der Waals surface area (Å²) in [5.74, 6) is -1.29. The maximum Gasteiger partial charge on any atom is 0.329 e. The number of carboxylic acid groups (broad SMARTS) is 1. The second-order valence-electron chi connectivity index (χ2n) is 6.55. The van der Waals surface area contributed by atoms with Crippen LogP contribution >= 0.6 is 0 Å². The molecule has 1 saturated carbocycles. The number of carbonyl (C=O) groups is 2. The van der Waals surface area contributed by atoms with E-state index >= 15 is 0 Å². The smallest absolute Gasteiger partial charge is 0.329 e. The Labute approximate surface area is 145 Å². The van der Waals surface area contributed by atoms with Crippen LogP contribution < -0.4 is 11.0 Å². The van der Waals surface area contributed by atoms with Crippen LogP contribution in [0.2, 0.25) is 0 Å². The number of hydrogen-bond acceptors (Lipinski definition) is 3. The Hall–Kier alpha value is -2.57. The molecule has 1 aromatic carbocycles. The molecule has 1 aliphatic carbocycles. The van der Waals surface area contributed by atoms with Crippen LogP contribution in [0.5, 0.6) is 0 Å². The van der Waals surface area contributed by atoms with Crippen LogP contribution in [0.3, 0.4) is 0 Å². The van der Waals surface area contributed by atoms with E-state index in [1.165, 1.54) is 0 Å². The minimum atomic E-state index is -0.993. The lowest BCUT2D eigenvalue weighted by Gasteiger charge is -2.13. The van der Waals surface area contributed by atoms with Gasteiger partial charge in [0, 0.05) is 19.5 Å². The van der Waals surface area contributed by atoms with Crippen LogP contribution in [0.15, 0.2) is 29.1 Å². The van der Waals surface area contributed by atoms with E-state index in [0.29, 0.717) is 6.54 Å². The van der Waals surface area contributed by atoms with Gasteiger partial charge in [0.25, 0.3) is 0 Å². The highest BCUT2D eigenvalue weighted by Gasteiger charge is 2.37. The summed E-state index contributed by atoms with van der Waals surface area (Å²) < 4.78 is 3.31. The Morgan fingerprint density at radius 3 is 2.32 bits per heavy atom. The van der Waals surface area contributed by atoms with E-state index in [1.807, 2.05) is 31.2 Å². The van der Waals surface area contributed by atoms with Crippen LogP contribution in [0, 0.1) is 5.92 Å². The quantitative estimate of drug-likeness (QED) is 0.760. The van der Waals surface area contributed by atoms with Crippen molar-refractivity contribution in [3.05, 3.63) is 34.7 Å². The fraction of sp³-hybridized carbons (Fsp3) is 0.500. The molecule has 1 atom stereocenters. The second kappa shape index (κ2) is 7.13. The van der Waals surface area contributed by atoms with Crippen molar-refractivity contribution in [3.63, 3.8) is 0 Å². The minimum Gasteiger partial charge on any atom is -0.480 e. The van der Waals surface area contributed by atoms with E-state index in [2.05, 4.69) is 5.32 Å². The highest BCUT2D eigenvalue weighted by atomic mass is 16.4. The average Bonchev–Trinajstić information content (AvgIpc) is 3.39. The first-order chi connectivity index (χ1) is 12.0. The van der Waals surface area contributed by atoms with Gasteiger partial charge in [0.15, 0.2) is 0 Å². The number of imidazole rings is 1. The average molecular weight is 345 g/mol. The Morgan fingerprint density at radius 2 is 1.80 bits per heavy atom. The normalized spacial score (nSPS) is 15.2. The Kier molecular flexibility index (Phi) is 4.92. The van der Waals surface area contributed by atoms with Crippen molar-refractivity contribution in [2.24, 2.45) is 5.92 Å². The summed E-state index contributed by atoms with van der Waals surface area (Å²) in [4.78, 5) is 36.0. The van der Waals surface area contributed by atoms with Gasteiger partial charge in [-0.3, -0.25) is 13.9 Å². The molecule has 1 amide bonds. The lowest BCUT2D eigenvalue weighted by molar-refractivity contribution is -0.142. The number of para-hydroxylation sites is 2. The molecule has 2 N–H and O–H groups in total. The van der Waals surface area contributed by atoms with Crippen molar-refractivity contribution in [2.45, 2.75) is 51.7 Å². The number of aryl methyl sites for hydroxylation is 2. The fourth-order valence-corrected chi connectivity index (χ4v) is 3.20. The first kappa shape index (κ1) is 17.3. The number of rotatable bonds is 8. The first-order valence-corrected chi connectivity index (χ1v) is 8.73. The summed E-state index contributed by atoms with van der Waals surface area (Å²) in [7, 11) is 0. The molecule has 0 bridgehead atoms. The van der Waals surface area contributed by atoms with Gasteiger partial charge in [-0.1, -0.05) is 19.1 Å². The molecule has 1 unspecified atom stereocenters. The van der Waals surface area contributed by atoms with Crippen LogP contribution in [-0.2, 0) is 22.7 Å². The minimum absolute atomic E-state index is 0.0376. The van der Waals surface area contributed by atoms with E-state index in [4.69, 9.17) is 0 Å². The molecule has 1 aromatic heterocycles. The van der Waals surface area contributed by atoms with E-state index in [9.17, 15) is 19.5 Å². The lowest BCUT2D eigenvalue weighted by atomic mass is 10.2. The van der Waals surface area contributed by atoms with Crippen LogP contribution in [-0.4, -0.2) is 32.2 Å². The SMILES string of the molecule is CCCn1c(=O)n(CCC(=O)NC(C(=O)O)C2CC2)c2ccccc21. The molecule has 1 aliphatic rings. The van der Waals surface area contributed by atoms with Gasteiger partial charge in [-0.15, -0.1) is 0 Å². The maximum atomic E-state index is 12.6. The summed E-state index contributed by atoms with van der Waals surface area (Å²) >= 11 is 0. The summed E-state index contributed by atoms with van der Waals surface area (Å²) in [5.41, 5.74) is 1.52. The zero-order valence-electron chi connectivity index (χ0n) is 14.3. The van der Waals surface area contributed by atoms with Gasteiger partial charge in [-0.05, 0) is 37.3 Å². The Bertz CT molecular complexity index is 848. The summed E-state index contributed by atoms with van der Waals surface area (Å²) in [5, 5.41) is 11.8. The van der Waals surface area contributed by atoms with Gasteiger partial charge >= 0.3 is 11.7 Å². The van der Waals surface area contributed by atoms with Crippen LogP contribution in [0.25, 0.3) is 11.0 Å². The van der Waals surface area contributed by atoms with Crippen LogP contribution in [0.4, 0.5) is 0 Å². The molecular weight excluding hydrogens is 322 g/mol. The zero-order chi connectivity index (χ0) is 18.0. The monoisotopic (exact) mass is 345 g/mol. The number of carbonyl (C=O) groups excluding carboxylic acids is 1. The fourth-order valence-electron chi connectivity index (χ4n) is 3.20. The van der Waals surface area contributed by atoms with Gasteiger partial charge in [0.1, 0.15) is 6.04 Å². The van der Waals surface area contributed by atoms with E-state index in [-0.39, 0.29) is 30.5 Å². The standard InChI is InChI=1S/C18H23N3O4/c1-2-10-20-13-5-3-4-6-14(13)21(18(20)25)11-9-15(22)19-16(17(23)24)12-7-8-12/h3-6,12,16H,2,7-11H2,1H3,(H,19,22)(H,23,24). The molecule has 0 spiro atoms. The van der Waals surface area contributed by atoms with E-state index < -0.39 is 12.0 Å². The number of benzene rings is 1. The van der Waals surface area contributed by atoms with Crippen molar-refractivity contribution in [3.8, 4) is 0 Å². The number of aliphatic carboxylic acids is 1. The molecule has 25 heavy (non-hydrogen) atoms. The third-order valence-corrected chi connectivity index (χ3v) is 4.61. The molecule has 134 valence electrons. The third kappa shape index (κ3) is 3.60. The molecule has 0 radical (unpaired) electrons. The maximum absolute atomic E-state index is 12.6. The molecule has 0 saturated heterocycles. The predicted octanol–water partition coefficient (Wildman–Crippen LogP) is 1.58. The largest absolute Gasteiger partial charge is 0.480 e. The molecule has 1 heterocycles. The number of amides is 1. The van der Waals surface area contributed by atoms with Crippen molar-refractivity contribution >= 4 is 22.9 Å². The van der Waals surface area contributed by atoms with Crippen molar-refractivity contribution in [1.29, 1.82) is 0 Å². The Morgan fingerprint density at radius 1 is 1.20 bits per heavy atom. The molecule has 2 aromatic rings. The summed E-state index contributed by atoms with van der Waals surface area (Å²) in [6, 6.07) is 6.70. The van der Waals surface area contributed by atoms with Crippen molar-refractivity contribution in [2.75, 3.05) is 0 Å². The topological polar surface area (TPSA) is 93.3 Å². The number of fused-ring (bicyclic) bond motifs is 1. The molecule has 1 fully saturated rings. The number of nitrogens with zero attached hydrogens (tertiary/aromatic N) is 2. The molecule has 0 aliphatic heterocycles. The number of aromatic nitrogens is 2. The number of carboxylic acids is 1. The summed E-state index contributed by atoms with van der Waals surface area (Å²) in [6.45, 7) is 2.87. The van der Waals surface area contributed by atoms with Crippen molar-refractivity contribution in [1.82, 2.24) is 14.5 Å². The molecular formula is C18H23N3O4. The molecule has 7 heteroatoms. The molecule has 3 rings (SSSR count). The van der Waals surface area contributed by atoms with E-state index in [1.54, 1.807) is 9.13 Å². The van der Waals surface area contributed by atoms with Gasteiger partial charge in [-0.25, -0.2) is 9.59 Å². The van der Waals surface area contributed by atoms with Gasteiger partial charge < -0.3 is 10.4 Å². The summed E-state index contributed by atoms with van der Waals surface area (Å²) in [6.07, 6.45) is 2.59. The highest BCUT2D eigenvalue weighted by Crippen LogP contribution is 2.32. The Balaban J connectivity index is 1.74. The van der Waals surface area contributed by atoms with Crippen molar-refractivity contribution < 1.29 is 14.7 Å². The zero-order valence-corrected chi connectivity index (χ0v) is 14.3. The lowest BCUT2D eigenvalue weighted by Crippen LogP contribution is -2.42. The molecule has 7 nitrogen and oxygen atoms in total.